The van der Waals surface area contributed by atoms with Gasteiger partial charge in [-0.1, -0.05) is 41.7 Å². The number of esters is 1. The number of aryl methyl sites for hydroxylation is 1. The number of thiazole rings is 1. The molecule has 0 bridgehead atoms. The first kappa shape index (κ1) is 25.4. The largest absolute Gasteiger partial charge is 0.497 e. The summed E-state index contributed by atoms with van der Waals surface area (Å²) in [6.45, 7) is 7.67. The molecule has 0 aliphatic carbocycles. The van der Waals surface area contributed by atoms with Crippen molar-refractivity contribution >= 4 is 23.4 Å². The van der Waals surface area contributed by atoms with Crippen molar-refractivity contribution in [3.63, 3.8) is 0 Å². The molecule has 0 amide bonds. The molecular formula is C29H28N4O4S. The molecule has 0 saturated carbocycles. The van der Waals surface area contributed by atoms with Crippen LogP contribution < -0.4 is 19.6 Å². The number of rotatable bonds is 6. The molecule has 3 heterocycles. The maximum atomic E-state index is 13.9. The van der Waals surface area contributed by atoms with Crippen LogP contribution >= 0.6 is 11.3 Å². The molecule has 4 aromatic rings. The Balaban J connectivity index is 1.70. The van der Waals surface area contributed by atoms with Crippen LogP contribution in [-0.4, -0.2) is 34.0 Å². The summed E-state index contributed by atoms with van der Waals surface area (Å²) in [6.07, 6.45) is 1.87. The second-order valence-electron chi connectivity index (χ2n) is 8.91. The van der Waals surface area contributed by atoms with Gasteiger partial charge in [-0.25, -0.2) is 14.5 Å². The molecule has 0 spiro atoms. The molecule has 2 aromatic heterocycles. The standard InChI is InChI=1S/C29H28N4O4S/c1-6-37-28(35)25-18(3)30-29-32(26(25)20-12-14-22(36-5)15-13-20)27(34)24(38-29)16-23-17(2)31-33(19(23)4)21-10-8-7-9-11-21/h7-16,26H,6H2,1-5H3/t26-/m0/s1. The van der Waals surface area contributed by atoms with Crippen molar-refractivity contribution in [2.45, 2.75) is 33.7 Å². The molecule has 0 unspecified atom stereocenters. The quantitative estimate of drug-likeness (QED) is 0.357. The van der Waals surface area contributed by atoms with Crippen molar-refractivity contribution in [1.29, 1.82) is 0 Å². The summed E-state index contributed by atoms with van der Waals surface area (Å²) in [5, 5.41) is 4.71. The lowest BCUT2D eigenvalue weighted by atomic mass is 9.96. The van der Waals surface area contributed by atoms with E-state index < -0.39 is 12.0 Å². The number of nitrogens with zero attached hydrogens (tertiary/aromatic N) is 4. The van der Waals surface area contributed by atoms with E-state index >= 15 is 0 Å². The minimum atomic E-state index is -0.674. The monoisotopic (exact) mass is 528 g/mol. The fourth-order valence-corrected chi connectivity index (χ4v) is 5.74. The maximum Gasteiger partial charge on any atom is 0.338 e. The zero-order valence-electron chi connectivity index (χ0n) is 21.9. The highest BCUT2D eigenvalue weighted by atomic mass is 32.1. The Hall–Kier alpha value is -4.24. The molecule has 1 atom stereocenters. The third-order valence-electron chi connectivity index (χ3n) is 6.57. The van der Waals surface area contributed by atoms with E-state index in [1.54, 1.807) is 25.5 Å². The van der Waals surface area contributed by atoms with Gasteiger partial charge in [-0.15, -0.1) is 0 Å². The molecule has 194 valence electrons. The van der Waals surface area contributed by atoms with E-state index in [1.165, 1.54) is 11.3 Å². The van der Waals surface area contributed by atoms with Gasteiger partial charge in [0.1, 0.15) is 5.75 Å². The number of carbonyl (C=O) groups excluding carboxylic acids is 1. The number of benzene rings is 2. The molecule has 0 radical (unpaired) electrons. The Bertz CT molecular complexity index is 1730. The van der Waals surface area contributed by atoms with Gasteiger partial charge in [0.05, 0.1) is 46.9 Å². The van der Waals surface area contributed by atoms with E-state index in [0.29, 0.717) is 26.4 Å². The SMILES string of the molecule is CCOC(=O)C1=C(C)N=c2sc(=Cc3c(C)nn(-c4ccccc4)c3C)c(=O)n2[C@H]1c1ccc(OC)cc1. The average molecular weight is 529 g/mol. The van der Waals surface area contributed by atoms with Crippen LogP contribution in [0.5, 0.6) is 5.75 Å². The molecule has 0 N–H and O–H groups in total. The Labute approximate surface area is 223 Å². The summed E-state index contributed by atoms with van der Waals surface area (Å²) in [4.78, 5) is 32.2. The van der Waals surface area contributed by atoms with E-state index in [0.717, 1.165) is 28.2 Å². The summed E-state index contributed by atoms with van der Waals surface area (Å²) in [5.74, 6) is 0.195. The zero-order valence-corrected chi connectivity index (χ0v) is 22.7. The molecule has 5 rings (SSSR count). The Kier molecular flexibility index (Phi) is 6.86. The summed E-state index contributed by atoms with van der Waals surface area (Å²) in [5.41, 5.74) is 4.98. The van der Waals surface area contributed by atoms with Crippen molar-refractivity contribution in [3.8, 4) is 11.4 Å². The lowest BCUT2D eigenvalue weighted by molar-refractivity contribution is -0.139. The summed E-state index contributed by atoms with van der Waals surface area (Å²) in [7, 11) is 1.59. The van der Waals surface area contributed by atoms with Crippen LogP contribution in [0, 0.1) is 13.8 Å². The summed E-state index contributed by atoms with van der Waals surface area (Å²) in [6, 6.07) is 16.5. The van der Waals surface area contributed by atoms with Crippen molar-refractivity contribution in [2.75, 3.05) is 13.7 Å². The second kappa shape index (κ2) is 10.3. The molecule has 0 saturated heterocycles. The number of carbonyl (C=O) groups is 1. The van der Waals surface area contributed by atoms with Crippen molar-refractivity contribution in [3.05, 3.63) is 108 Å². The first-order chi connectivity index (χ1) is 18.3. The number of hydrogen-bond acceptors (Lipinski definition) is 7. The highest BCUT2D eigenvalue weighted by Gasteiger charge is 2.33. The highest BCUT2D eigenvalue weighted by molar-refractivity contribution is 7.07. The first-order valence-corrected chi connectivity index (χ1v) is 13.1. The number of methoxy groups -OCH3 is 1. The molecule has 1 aliphatic rings. The maximum absolute atomic E-state index is 13.9. The van der Waals surface area contributed by atoms with Gasteiger partial charge in [-0.05, 0) is 63.6 Å². The highest BCUT2D eigenvalue weighted by Crippen LogP contribution is 2.31. The lowest BCUT2D eigenvalue weighted by Crippen LogP contribution is -2.39. The topological polar surface area (TPSA) is 87.7 Å². The van der Waals surface area contributed by atoms with Gasteiger partial charge >= 0.3 is 5.97 Å². The fraction of sp³-hybridized carbons (Fsp3) is 0.241. The molecular weight excluding hydrogens is 500 g/mol. The molecule has 8 nitrogen and oxygen atoms in total. The zero-order chi connectivity index (χ0) is 27.0. The van der Waals surface area contributed by atoms with E-state index in [1.807, 2.05) is 79.2 Å². The number of fused-ring (bicyclic) bond motifs is 1. The predicted octanol–water partition coefficient (Wildman–Crippen LogP) is 3.61. The van der Waals surface area contributed by atoms with Gasteiger partial charge in [0.25, 0.3) is 5.56 Å². The van der Waals surface area contributed by atoms with Gasteiger partial charge in [-0.3, -0.25) is 9.36 Å². The fourth-order valence-electron chi connectivity index (χ4n) is 4.71. The minimum absolute atomic E-state index is 0.222. The van der Waals surface area contributed by atoms with Gasteiger partial charge in [0.2, 0.25) is 0 Å². The molecule has 9 heteroatoms. The van der Waals surface area contributed by atoms with E-state index in [-0.39, 0.29) is 12.2 Å². The molecule has 38 heavy (non-hydrogen) atoms. The average Bonchev–Trinajstić information content (AvgIpc) is 3.38. The smallest absolute Gasteiger partial charge is 0.338 e. The number of hydrogen-bond donors (Lipinski definition) is 0. The Morgan fingerprint density at radius 3 is 2.45 bits per heavy atom. The van der Waals surface area contributed by atoms with E-state index in [9.17, 15) is 9.59 Å². The van der Waals surface area contributed by atoms with Crippen LogP contribution in [0.2, 0.25) is 0 Å². The summed E-state index contributed by atoms with van der Waals surface area (Å²) < 4.78 is 14.7. The lowest BCUT2D eigenvalue weighted by Gasteiger charge is -2.24. The van der Waals surface area contributed by atoms with Crippen molar-refractivity contribution in [1.82, 2.24) is 14.3 Å². The molecule has 1 aliphatic heterocycles. The third-order valence-corrected chi connectivity index (χ3v) is 7.55. The first-order valence-electron chi connectivity index (χ1n) is 12.3. The van der Waals surface area contributed by atoms with E-state index in [4.69, 9.17) is 14.6 Å². The van der Waals surface area contributed by atoms with Crippen LogP contribution in [0.15, 0.2) is 75.7 Å². The van der Waals surface area contributed by atoms with E-state index in [2.05, 4.69) is 4.99 Å². The van der Waals surface area contributed by atoms with Gasteiger partial charge < -0.3 is 9.47 Å². The third kappa shape index (κ3) is 4.39. The summed E-state index contributed by atoms with van der Waals surface area (Å²) >= 11 is 1.30. The minimum Gasteiger partial charge on any atom is -0.497 e. The van der Waals surface area contributed by atoms with Gasteiger partial charge in [0.15, 0.2) is 4.80 Å². The normalized spacial score (nSPS) is 15.3. The number of aromatic nitrogens is 3. The van der Waals surface area contributed by atoms with Crippen molar-refractivity contribution in [2.24, 2.45) is 4.99 Å². The molecule has 2 aromatic carbocycles. The predicted molar refractivity (Wildman–Crippen MR) is 146 cm³/mol. The van der Waals surface area contributed by atoms with Crippen LogP contribution in [0.3, 0.4) is 0 Å². The van der Waals surface area contributed by atoms with Gasteiger partial charge in [-0.2, -0.15) is 5.10 Å². The van der Waals surface area contributed by atoms with Crippen LogP contribution in [-0.2, 0) is 9.53 Å². The number of para-hydroxylation sites is 1. The van der Waals surface area contributed by atoms with Crippen LogP contribution in [0.4, 0.5) is 0 Å². The molecule has 0 fully saturated rings. The number of allylic oxidation sites excluding steroid dienone is 1. The van der Waals surface area contributed by atoms with Crippen LogP contribution in [0.1, 0.15) is 42.4 Å². The number of ether oxygens (including phenoxy) is 2. The second-order valence-corrected chi connectivity index (χ2v) is 9.92. The van der Waals surface area contributed by atoms with Gasteiger partial charge in [0, 0.05) is 11.3 Å². The Morgan fingerprint density at radius 2 is 1.79 bits per heavy atom. The van der Waals surface area contributed by atoms with Crippen molar-refractivity contribution < 1.29 is 14.3 Å². The Morgan fingerprint density at radius 1 is 1.08 bits per heavy atom. The van der Waals surface area contributed by atoms with Crippen LogP contribution in [0.25, 0.3) is 11.8 Å².